The summed E-state index contributed by atoms with van der Waals surface area (Å²) >= 11 is 0. The van der Waals surface area contributed by atoms with E-state index in [1.165, 1.54) is 72.2 Å². The number of anilines is 6. The highest BCUT2D eigenvalue weighted by Crippen LogP contribution is 2.47. The van der Waals surface area contributed by atoms with Gasteiger partial charge in [0.2, 0.25) is 0 Å². The van der Waals surface area contributed by atoms with Crippen molar-refractivity contribution in [2.45, 2.75) is 66.2 Å². The fourth-order valence-electron chi connectivity index (χ4n) is 11.7. The number of fused-ring (bicyclic) bond motifs is 8. The molecule has 5 heterocycles. The highest BCUT2D eigenvalue weighted by Gasteiger charge is 2.44. The zero-order chi connectivity index (χ0) is 48.5. The van der Waals surface area contributed by atoms with Gasteiger partial charge in [-0.2, -0.15) is 0 Å². The molecule has 0 spiro atoms. The van der Waals surface area contributed by atoms with Crippen LogP contribution in [0.1, 0.15) is 63.8 Å². The summed E-state index contributed by atoms with van der Waals surface area (Å²) in [6.45, 7) is 18.0. The Bertz CT molecular complexity index is 3900. The van der Waals surface area contributed by atoms with Gasteiger partial charge in [-0.15, -0.1) is 0 Å². The summed E-state index contributed by atoms with van der Waals surface area (Å²) in [4.78, 5) is 15.5. The van der Waals surface area contributed by atoms with Gasteiger partial charge >= 0.3 is 0 Å². The van der Waals surface area contributed by atoms with E-state index in [0.717, 1.165) is 56.3 Å². The van der Waals surface area contributed by atoms with Gasteiger partial charge in [0.1, 0.15) is 11.6 Å². The van der Waals surface area contributed by atoms with Crippen LogP contribution in [0.15, 0.2) is 188 Å². The van der Waals surface area contributed by atoms with Crippen molar-refractivity contribution in [1.82, 2.24) is 19.1 Å². The molecule has 8 aromatic carbocycles. The monoisotopic (exact) mass is 918 g/mol. The zero-order valence-corrected chi connectivity index (χ0v) is 41.7. The molecule has 2 aliphatic rings. The molecule has 0 fully saturated rings. The second-order valence-corrected chi connectivity index (χ2v) is 21.6. The Morgan fingerprint density at radius 2 is 1.04 bits per heavy atom. The molecule has 0 bridgehead atoms. The standard InChI is InChI=1S/C64H55BN6/c1-40-17-15-18-41(2)61(40)71-54-22-12-10-20-51(54)67-62(71)42-26-35-53-49(37-42)65-50-39-57-48(47-19-9-11-21-52(47)70(57)59-25-13-14-36-66-59)38-58(50)69(46-33-29-44(30-34-46)64(6,7)8)56-24-16-23-55(60(56)65)68(53)45-31-27-43(28-32-45)63(3,4)5/h9-39H,1-8H3. The van der Waals surface area contributed by atoms with E-state index in [1.807, 2.05) is 12.3 Å². The van der Waals surface area contributed by atoms with E-state index in [-0.39, 0.29) is 17.5 Å². The summed E-state index contributed by atoms with van der Waals surface area (Å²) in [7, 11) is 0. The van der Waals surface area contributed by atoms with Gasteiger partial charge in [-0.3, -0.25) is 9.13 Å². The number of nitrogens with zero attached hydrogens (tertiary/aromatic N) is 6. The molecule has 0 unspecified atom stereocenters. The van der Waals surface area contributed by atoms with E-state index in [4.69, 9.17) is 9.97 Å². The Hall–Kier alpha value is -8.16. The number of imidazole rings is 1. The second kappa shape index (κ2) is 15.7. The smallest absolute Gasteiger partial charge is 0.252 e. The first-order valence-corrected chi connectivity index (χ1v) is 24.9. The van der Waals surface area contributed by atoms with Gasteiger partial charge < -0.3 is 9.80 Å². The van der Waals surface area contributed by atoms with Crippen LogP contribution in [0, 0.1) is 13.8 Å². The van der Waals surface area contributed by atoms with Crippen molar-refractivity contribution < 1.29 is 0 Å². The number of hydrogen-bond acceptors (Lipinski definition) is 4. The lowest BCUT2D eigenvalue weighted by atomic mass is 9.33. The molecule has 0 saturated carbocycles. The quantitative estimate of drug-likeness (QED) is 0.161. The predicted molar refractivity (Wildman–Crippen MR) is 300 cm³/mol. The van der Waals surface area contributed by atoms with Gasteiger partial charge in [0.05, 0.1) is 27.8 Å². The molecule has 13 rings (SSSR count). The van der Waals surface area contributed by atoms with Gasteiger partial charge in [0.25, 0.3) is 6.71 Å². The van der Waals surface area contributed by atoms with Crippen molar-refractivity contribution >= 4 is 90.1 Å². The van der Waals surface area contributed by atoms with Crippen LogP contribution in [0.25, 0.3) is 55.7 Å². The van der Waals surface area contributed by atoms with E-state index >= 15 is 0 Å². The molecular weight excluding hydrogens is 864 g/mol. The lowest BCUT2D eigenvalue weighted by Gasteiger charge is -2.44. The number of benzene rings is 8. The lowest BCUT2D eigenvalue weighted by molar-refractivity contribution is 0.590. The first-order valence-electron chi connectivity index (χ1n) is 24.9. The third-order valence-electron chi connectivity index (χ3n) is 15.1. The minimum atomic E-state index is -0.140. The van der Waals surface area contributed by atoms with Crippen LogP contribution >= 0.6 is 0 Å². The van der Waals surface area contributed by atoms with Gasteiger partial charge in [-0.1, -0.05) is 133 Å². The molecule has 71 heavy (non-hydrogen) atoms. The van der Waals surface area contributed by atoms with Crippen LogP contribution in [0.3, 0.4) is 0 Å². The maximum Gasteiger partial charge on any atom is 0.252 e. The number of pyridine rings is 1. The second-order valence-electron chi connectivity index (χ2n) is 21.6. The van der Waals surface area contributed by atoms with Gasteiger partial charge in [-0.25, -0.2) is 9.97 Å². The number of hydrogen-bond donors (Lipinski definition) is 0. The highest BCUT2D eigenvalue weighted by atomic mass is 15.2. The summed E-state index contributed by atoms with van der Waals surface area (Å²) in [5, 5.41) is 2.38. The number of aryl methyl sites for hydroxylation is 2. The largest absolute Gasteiger partial charge is 0.311 e. The molecule has 11 aromatic rings. The summed E-state index contributed by atoms with van der Waals surface area (Å²) in [6, 6.07) is 67.6. The number of rotatable bonds is 5. The van der Waals surface area contributed by atoms with Crippen molar-refractivity contribution in [1.29, 1.82) is 0 Å². The normalized spacial score (nSPS) is 13.3. The predicted octanol–water partition coefficient (Wildman–Crippen LogP) is 14.5. The molecule has 7 heteroatoms. The minimum Gasteiger partial charge on any atom is -0.311 e. The molecule has 0 amide bonds. The number of para-hydroxylation sites is 4. The highest BCUT2D eigenvalue weighted by molar-refractivity contribution is 7.00. The summed E-state index contributed by atoms with van der Waals surface area (Å²) in [6.07, 6.45) is 1.90. The van der Waals surface area contributed by atoms with Crippen LogP contribution in [0.5, 0.6) is 0 Å². The molecular formula is C64H55BN6. The molecule has 0 saturated heterocycles. The van der Waals surface area contributed by atoms with Gasteiger partial charge in [0.15, 0.2) is 0 Å². The molecule has 0 N–H and O–H groups in total. The molecule has 0 aliphatic carbocycles. The average molecular weight is 919 g/mol. The van der Waals surface area contributed by atoms with E-state index in [1.54, 1.807) is 0 Å². The summed E-state index contributed by atoms with van der Waals surface area (Å²) < 4.78 is 4.74. The maximum atomic E-state index is 5.49. The SMILES string of the molecule is Cc1cccc(C)c1-n1c(-c2ccc3c(c2)B2c4cc5c(cc4N(c4ccc(C(C)(C)C)cc4)c4cccc(c42)N3c2ccc(C(C)(C)C)cc2)c2ccccc2n5-c2ccccn2)nc2ccccc21. The van der Waals surface area contributed by atoms with E-state index in [2.05, 4.69) is 250 Å². The Labute approximate surface area is 416 Å². The van der Waals surface area contributed by atoms with Crippen LogP contribution in [-0.4, -0.2) is 25.8 Å². The van der Waals surface area contributed by atoms with Crippen molar-refractivity contribution in [3.8, 4) is 22.9 Å². The van der Waals surface area contributed by atoms with Crippen LogP contribution in [0.4, 0.5) is 34.1 Å². The van der Waals surface area contributed by atoms with E-state index < -0.39 is 0 Å². The topological polar surface area (TPSA) is 42.1 Å². The Balaban J connectivity index is 1.14. The molecule has 344 valence electrons. The number of aromatic nitrogens is 4. The Kier molecular flexibility index (Phi) is 9.48. The fraction of sp³-hybridized carbons (Fsp3) is 0.156. The van der Waals surface area contributed by atoms with Crippen LogP contribution < -0.4 is 26.2 Å². The van der Waals surface area contributed by atoms with Crippen molar-refractivity contribution in [3.05, 3.63) is 210 Å². The van der Waals surface area contributed by atoms with Crippen LogP contribution in [0.2, 0.25) is 0 Å². The first kappa shape index (κ1) is 42.9. The summed E-state index contributed by atoms with van der Waals surface area (Å²) in [5.41, 5.74) is 22.3. The average Bonchev–Trinajstić information content (AvgIpc) is 3.91. The third kappa shape index (κ3) is 6.63. The van der Waals surface area contributed by atoms with Crippen molar-refractivity contribution in [2.75, 3.05) is 9.80 Å². The molecule has 6 nitrogen and oxygen atoms in total. The van der Waals surface area contributed by atoms with Crippen molar-refractivity contribution in [3.63, 3.8) is 0 Å². The fourth-order valence-corrected chi connectivity index (χ4v) is 11.7. The lowest BCUT2D eigenvalue weighted by Crippen LogP contribution is -2.61. The van der Waals surface area contributed by atoms with Gasteiger partial charge in [-0.05, 0) is 154 Å². The summed E-state index contributed by atoms with van der Waals surface area (Å²) in [5.74, 6) is 1.82. The molecule has 0 radical (unpaired) electrons. The first-order chi connectivity index (χ1) is 34.3. The third-order valence-corrected chi connectivity index (χ3v) is 15.1. The van der Waals surface area contributed by atoms with Crippen LogP contribution in [-0.2, 0) is 10.8 Å². The molecule has 2 aliphatic heterocycles. The minimum absolute atomic E-state index is 0.0116. The van der Waals surface area contributed by atoms with E-state index in [9.17, 15) is 0 Å². The van der Waals surface area contributed by atoms with E-state index in [0.29, 0.717) is 0 Å². The Morgan fingerprint density at radius 1 is 0.451 bits per heavy atom. The molecule has 3 aromatic heterocycles. The molecule has 0 atom stereocenters. The maximum absolute atomic E-state index is 5.49. The Morgan fingerprint density at radius 3 is 1.69 bits per heavy atom. The zero-order valence-electron chi connectivity index (χ0n) is 41.7. The van der Waals surface area contributed by atoms with Crippen molar-refractivity contribution in [2.24, 2.45) is 0 Å². The van der Waals surface area contributed by atoms with Gasteiger partial charge in [0, 0.05) is 56.7 Å².